The topological polar surface area (TPSA) is 75.4 Å². The Balaban J connectivity index is 3.99. The highest BCUT2D eigenvalue weighted by Crippen LogP contribution is 2.01. The molecule has 5 heteroatoms. The lowest BCUT2D eigenvalue weighted by molar-refractivity contribution is -0.132. The maximum atomic E-state index is 11.7. The molecule has 0 spiro atoms. The standard InChI is InChI=1S/C13H27N3O2/c1-9(2)6-7-16(5)11(17)8-15-13(18)12(14)10(3)4/h9-10,12H,6-8,14H2,1-5H3,(H,15,18)/t12-/m0/s1. The smallest absolute Gasteiger partial charge is 0.241 e. The summed E-state index contributed by atoms with van der Waals surface area (Å²) < 4.78 is 0. The number of likely N-dealkylation sites (N-methyl/N-ethyl adjacent to an activating group) is 1. The lowest BCUT2D eigenvalue weighted by Gasteiger charge is -2.20. The highest BCUT2D eigenvalue weighted by atomic mass is 16.2. The number of amides is 2. The van der Waals surface area contributed by atoms with Gasteiger partial charge >= 0.3 is 0 Å². The Morgan fingerprint density at radius 2 is 1.78 bits per heavy atom. The van der Waals surface area contributed by atoms with Gasteiger partial charge in [-0.1, -0.05) is 27.7 Å². The number of hydrogen-bond acceptors (Lipinski definition) is 3. The van der Waals surface area contributed by atoms with E-state index >= 15 is 0 Å². The molecule has 0 bridgehead atoms. The minimum absolute atomic E-state index is 0.0217. The summed E-state index contributed by atoms with van der Waals surface area (Å²) in [4.78, 5) is 24.9. The molecule has 0 unspecified atom stereocenters. The fourth-order valence-corrected chi connectivity index (χ4v) is 1.29. The molecule has 1 atom stereocenters. The molecule has 0 aromatic carbocycles. The van der Waals surface area contributed by atoms with Crippen molar-refractivity contribution < 1.29 is 9.59 Å². The van der Waals surface area contributed by atoms with Gasteiger partial charge in [0, 0.05) is 13.6 Å². The molecular weight excluding hydrogens is 230 g/mol. The second kappa shape index (κ2) is 8.08. The molecule has 0 saturated heterocycles. The van der Waals surface area contributed by atoms with E-state index in [9.17, 15) is 9.59 Å². The van der Waals surface area contributed by atoms with Crippen LogP contribution in [0.3, 0.4) is 0 Å². The molecule has 2 amide bonds. The second-order valence-corrected chi connectivity index (χ2v) is 5.49. The van der Waals surface area contributed by atoms with Gasteiger partial charge in [0.15, 0.2) is 0 Å². The molecule has 0 aliphatic rings. The Hall–Kier alpha value is -1.10. The zero-order valence-electron chi connectivity index (χ0n) is 12.2. The van der Waals surface area contributed by atoms with E-state index in [1.165, 1.54) is 0 Å². The van der Waals surface area contributed by atoms with Gasteiger partial charge in [-0.05, 0) is 18.3 Å². The third-order valence-electron chi connectivity index (χ3n) is 2.90. The fourth-order valence-electron chi connectivity index (χ4n) is 1.29. The molecular formula is C13H27N3O2. The van der Waals surface area contributed by atoms with E-state index in [2.05, 4.69) is 19.2 Å². The SMILES string of the molecule is CC(C)CCN(C)C(=O)CNC(=O)[C@@H](N)C(C)C. The van der Waals surface area contributed by atoms with Gasteiger partial charge in [0.05, 0.1) is 12.6 Å². The van der Waals surface area contributed by atoms with Crippen LogP contribution in [0.4, 0.5) is 0 Å². The summed E-state index contributed by atoms with van der Waals surface area (Å²) >= 11 is 0. The quantitative estimate of drug-likeness (QED) is 0.701. The van der Waals surface area contributed by atoms with Crippen molar-refractivity contribution >= 4 is 11.8 Å². The summed E-state index contributed by atoms with van der Waals surface area (Å²) in [6.45, 7) is 8.71. The summed E-state index contributed by atoms with van der Waals surface area (Å²) in [6.07, 6.45) is 0.960. The number of nitrogens with zero attached hydrogens (tertiary/aromatic N) is 1. The van der Waals surface area contributed by atoms with Crippen molar-refractivity contribution in [3.63, 3.8) is 0 Å². The van der Waals surface area contributed by atoms with Crippen LogP contribution in [-0.4, -0.2) is 42.9 Å². The third-order valence-corrected chi connectivity index (χ3v) is 2.90. The van der Waals surface area contributed by atoms with Crippen molar-refractivity contribution in [2.24, 2.45) is 17.6 Å². The van der Waals surface area contributed by atoms with Gasteiger partial charge in [0.25, 0.3) is 0 Å². The summed E-state index contributed by atoms with van der Waals surface area (Å²) in [5.74, 6) is 0.276. The molecule has 0 heterocycles. The van der Waals surface area contributed by atoms with Crippen LogP contribution in [0, 0.1) is 11.8 Å². The minimum Gasteiger partial charge on any atom is -0.346 e. The van der Waals surface area contributed by atoms with Crippen LogP contribution in [0.25, 0.3) is 0 Å². The molecule has 18 heavy (non-hydrogen) atoms. The lowest BCUT2D eigenvalue weighted by Crippen LogP contribution is -2.47. The summed E-state index contributed by atoms with van der Waals surface area (Å²) in [7, 11) is 1.75. The van der Waals surface area contributed by atoms with Crippen LogP contribution in [-0.2, 0) is 9.59 Å². The molecule has 0 aromatic rings. The predicted molar refractivity (Wildman–Crippen MR) is 72.9 cm³/mol. The molecule has 0 saturated carbocycles. The van der Waals surface area contributed by atoms with Crippen molar-refractivity contribution in [3.8, 4) is 0 Å². The monoisotopic (exact) mass is 257 g/mol. The molecule has 3 N–H and O–H groups in total. The van der Waals surface area contributed by atoms with E-state index < -0.39 is 6.04 Å². The molecule has 0 fully saturated rings. The first-order chi connectivity index (χ1) is 8.25. The van der Waals surface area contributed by atoms with E-state index in [1.54, 1.807) is 11.9 Å². The van der Waals surface area contributed by atoms with Crippen LogP contribution in [0.2, 0.25) is 0 Å². The summed E-state index contributed by atoms with van der Waals surface area (Å²) in [5, 5.41) is 2.58. The summed E-state index contributed by atoms with van der Waals surface area (Å²) in [6, 6.07) is -0.557. The first-order valence-corrected chi connectivity index (χ1v) is 6.53. The predicted octanol–water partition coefficient (Wildman–Crippen LogP) is 0.590. The van der Waals surface area contributed by atoms with Crippen molar-refractivity contribution in [2.45, 2.75) is 40.2 Å². The van der Waals surface area contributed by atoms with E-state index in [4.69, 9.17) is 5.73 Å². The van der Waals surface area contributed by atoms with Crippen molar-refractivity contribution in [1.29, 1.82) is 0 Å². The van der Waals surface area contributed by atoms with Gasteiger partial charge in [-0.15, -0.1) is 0 Å². The number of rotatable bonds is 7. The van der Waals surface area contributed by atoms with Gasteiger partial charge in [-0.3, -0.25) is 9.59 Å². The largest absolute Gasteiger partial charge is 0.346 e. The van der Waals surface area contributed by atoms with E-state index in [0.29, 0.717) is 12.5 Å². The molecule has 0 rings (SSSR count). The van der Waals surface area contributed by atoms with Gasteiger partial charge in [0.1, 0.15) is 0 Å². The Morgan fingerprint density at radius 1 is 1.22 bits per heavy atom. The average Bonchev–Trinajstić information content (AvgIpc) is 2.30. The maximum Gasteiger partial charge on any atom is 0.241 e. The van der Waals surface area contributed by atoms with Crippen LogP contribution in [0.15, 0.2) is 0 Å². The van der Waals surface area contributed by atoms with Crippen LogP contribution in [0.5, 0.6) is 0 Å². The van der Waals surface area contributed by atoms with Crippen molar-refractivity contribution in [1.82, 2.24) is 10.2 Å². The number of nitrogens with two attached hydrogens (primary N) is 1. The molecule has 106 valence electrons. The normalized spacial score (nSPS) is 12.7. The number of hydrogen-bond donors (Lipinski definition) is 2. The van der Waals surface area contributed by atoms with E-state index in [-0.39, 0.29) is 24.3 Å². The third kappa shape index (κ3) is 6.59. The van der Waals surface area contributed by atoms with Gasteiger partial charge < -0.3 is 16.0 Å². The highest BCUT2D eigenvalue weighted by Gasteiger charge is 2.18. The fraction of sp³-hybridized carbons (Fsp3) is 0.846. The van der Waals surface area contributed by atoms with Gasteiger partial charge in [-0.25, -0.2) is 0 Å². The molecule has 5 nitrogen and oxygen atoms in total. The van der Waals surface area contributed by atoms with Crippen LogP contribution in [0.1, 0.15) is 34.1 Å². The molecule has 0 aliphatic heterocycles. The Morgan fingerprint density at radius 3 is 2.22 bits per heavy atom. The van der Waals surface area contributed by atoms with E-state index in [1.807, 2.05) is 13.8 Å². The number of carbonyl (C=O) groups is 2. The average molecular weight is 257 g/mol. The Labute approximate surface area is 110 Å². The van der Waals surface area contributed by atoms with Gasteiger partial charge in [-0.2, -0.15) is 0 Å². The first-order valence-electron chi connectivity index (χ1n) is 6.53. The van der Waals surface area contributed by atoms with Crippen molar-refractivity contribution in [2.75, 3.05) is 20.1 Å². The number of carbonyl (C=O) groups excluding carboxylic acids is 2. The zero-order chi connectivity index (χ0) is 14.3. The zero-order valence-corrected chi connectivity index (χ0v) is 12.2. The first kappa shape index (κ1) is 16.9. The molecule has 0 aliphatic carbocycles. The summed E-state index contributed by atoms with van der Waals surface area (Å²) in [5.41, 5.74) is 5.68. The van der Waals surface area contributed by atoms with Crippen LogP contribution >= 0.6 is 0 Å². The highest BCUT2D eigenvalue weighted by molar-refractivity contribution is 5.87. The van der Waals surface area contributed by atoms with E-state index in [0.717, 1.165) is 6.42 Å². The second-order valence-electron chi connectivity index (χ2n) is 5.49. The molecule has 0 aromatic heterocycles. The minimum atomic E-state index is -0.557. The molecule has 0 radical (unpaired) electrons. The van der Waals surface area contributed by atoms with Crippen molar-refractivity contribution in [3.05, 3.63) is 0 Å². The Bertz CT molecular complexity index is 277. The maximum absolute atomic E-state index is 11.7. The lowest BCUT2D eigenvalue weighted by atomic mass is 10.1. The number of nitrogens with one attached hydrogen (secondary N) is 1. The van der Waals surface area contributed by atoms with Gasteiger partial charge in [0.2, 0.25) is 11.8 Å². The Kier molecular flexibility index (Phi) is 7.59. The van der Waals surface area contributed by atoms with Crippen LogP contribution < -0.4 is 11.1 Å².